The van der Waals surface area contributed by atoms with Gasteiger partial charge < -0.3 is 14.1 Å². The van der Waals surface area contributed by atoms with Crippen LogP contribution in [0.25, 0.3) is 6.08 Å². The minimum absolute atomic E-state index is 0.0125. The molecule has 1 amide bonds. The van der Waals surface area contributed by atoms with Crippen molar-refractivity contribution in [1.82, 2.24) is 9.88 Å². The van der Waals surface area contributed by atoms with E-state index < -0.39 is 25.3 Å². The van der Waals surface area contributed by atoms with Gasteiger partial charge in [-0.2, -0.15) is 0 Å². The van der Waals surface area contributed by atoms with E-state index in [9.17, 15) is 19.7 Å². The number of β-lactam (4-membered cyclic amide) rings is 1. The van der Waals surface area contributed by atoms with Gasteiger partial charge in [0.15, 0.2) is 8.32 Å². The molecule has 0 spiro atoms. The van der Waals surface area contributed by atoms with E-state index in [1.54, 1.807) is 34.3 Å². The molecule has 2 unspecified atom stereocenters. The number of rotatable bonds is 9. The van der Waals surface area contributed by atoms with E-state index in [0.29, 0.717) is 5.56 Å². The summed E-state index contributed by atoms with van der Waals surface area (Å²) in [6.45, 7) is 14.7. The van der Waals surface area contributed by atoms with Crippen molar-refractivity contribution in [2.45, 2.75) is 82.1 Å². The first-order valence-electron chi connectivity index (χ1n) is 12.8. The summed E-state index contributed by atoms with van der Waals surface area (Å²) in [4.78, 5) is 44.3. The maximum absolute atomic E-state index is 13.5. The van der Waals surface area contributed by atoms with Gasteiger partial charge in [0.2, 0.25) is 5.91 Å². The Labute approximate surface area is 238 Å². The van der Waals surface area contributed by atoms with Crippen LogP contribution in [0.1, 0.15) is 43.8 Å². The van der Waals surface area contributed by atoms with Gasteiger partial charge in [0.25, 0.3) is 5.69 Å². The highest BCUT2D eigenvalue weighted by atomic mass is 32.2. The molecule has 0 saturated carbocycles. The van der Waals surface area contributed by atoms with Gasteiger partial charge in [0.1, 0.15) is 12.6 Å². The van der Waals surface area contributed by atoms with Crippen LogP contribution in [0.15, 0.2) is 35.9 Å². The second kappa shape index (κ2) is 11.1. The second-order valence-electron chi connectivity index (χ2n) is 11.5. The highest BCUT2D eigenvalue weighted by Gasteiger charge is 2.62. The molecule has 2 aliphatic rings. The molecule has 3 heterocycles. The Morgan fingerprint density at radius 3 is 2.51 bits per heavy atom. The average Bonchev–Trinajstić information content (AvgIpc) is 3.40. The molecule has 9 nitrogen and oxygen atoms in total. The first-order valence-corrected chi connectivity index (χ1v) is 17.6. The third kappa shape index (κ3) is 5.98. The van der Waals surface area contributed by atoms with Gasteiger partial charge >= 0.3 is 5.97 Å². The number of hydrogen-bond donors (Lipinski definition) is 0. The predicted octanol–water partition coefficient (Wildman–Crippen LogP) is 5.80. The van der Waals surface area contributed by atoms with E-state index >= 15 is 0 Å². The van der Waals surface area contributed by atoms with E-state index in [-0.39, 0.29) is 45.9 Å². The molecule has 2 fully saturated rings. The number of non-ortho nitro benzene ring substituents is 1. The van der Waals surface area contributed by atoms with Crippen molar-refractivity contribution in [2.75, 3.05) is 0 Å². The number of aryl methyl sites for hydroxylation is 1. The highest BCUT2D eigenvalue weighted by Crippen LogP contribution is 2.51. The van der Waals surface area contributed by atoms with E-state index in [2.05, 4.69) is 38.8 Å². The van der Waals surface area contributed by atoms with Gasteiger partial charge in [-0.1, -0.05) is 26.8 Å². The lowest BCUT2D eigenvalue weighted by Crippen LogP contribution is -2.65. The Balaban J connectivity index is 1.52. The van der Waals surface area contributed by atoms with Crippen LogP contribution in [-0.4, -0.2) is 57.8 Å². The average molecular weight is 590 g/mol. The smallest absolute Gasteiger partial charge is 0.330 e. The first-order chi connectivity index (χ1) is 18.2. The summed E-state index contributed by atoms with van der Waals surface area (Å²) in [6.07, 6.45) is 3.66. The summed E-state index contributed by atoms with van der Waals surface area (Å²) >= 11 is 3.10. The summed E-state index contributed by atoms with van der Waals surface area (Å²) in [7, 11) is -2.10. The molecule has 0 radical (unpaired) electrons. The monoisotopic (exact) mass is 589 g/mol. The number of hydrogen-bond acceptors (Lipinski definition) is 9. The molecule has 0 N–H and O–H groups in total. The van der Waals surface area contributed by atoms with Crippen LogP contribution in [0.2, 0.25) is 18.1 Å². The number of nitrogens with zero attached hydrogens (tertiary/aromatic N) is 3. The number of esters is 1. The topological polar surface area (TPSA) is 112 Å². The van der Waals surface area contributed by atoms with E-state index in [4.69, 9.17) is 9.16 Å². The number of carbonyl (C=O) groups is 2. The zero-order valence-electron chi connectivity index (χ0n) is 23.2. The number of aromatic nitrogens is 1. The number of thiazole rings is 1. The molecular weight excluding hydrogens is 555 g/mol. The molecule has 1 aromatic heterocycles. The number of ether oxygens (including phenoxy) is 1. The second-order valence-corrected chi connectivity index (χ2v) is 18.4. The van der Waals surface area contributed by atoms with Gasteiger partial charge in [-0.15, -0.1) is 23.1 Å². The van der Waals surface area contributed by atoms with Crippen LogP contribution >= 0.6 is 23.1 Å². The molecule has 2 saturated heterocycles. The Hall–Kier alpha value is -2.54. The number of benzene rings is 1. The summed E-state index contributed by atoms with van der Waals surface area (Å²) in [6, 6.07) is 5.10. The Morgan fingerprint density at radius 2 is 1.95 bits per heavy atom. The van der Waals surface area contributed by atoms with Crippen molar-refractivity contribution >= 4 is 55.1 Å². The lowest BCUT2D eigenvalue weighted by molar-refractivity contribution is -0.384. The first kappa shape index (κ1) is 29.4. The maximum atomic E-state index is 13.5. The quantitative estimate of drug-likeness (QED) is 0.119. The Morgan fingerprint density at radius 1 is 1.28 bits per heavy atom. The fourth-order valence-corrected chi connectivity index (χ4v) is 8.39. The third-order valence-corrected chi connectivity index (χ3v) is 14.8. The molecule has 39 heavy (non-hydrogen) atoms. The molecule has 0 bridgehead atoms. The van der Waals surface area contributed by atoms with E-state index in [1.165, 1.54) is 23.5 Å². The maximum Gasteiger partial charge on any atom is 0.330 e. The molecule has 2 aliphatic heterocycles. The zero-order chi connectivity index (χ0) is 28.7. The van der Waals surface area contributed by atoms with Gasteiger partial charge in [0.05, 0.1) is 38.8 Å². The molecular formula is C27H35N3O6S2Si. The molecule has 5 atom stereocenters. The van der Waals surface area contributed by atoms with Crippen LogP contribution in [0.5, 0.6) is 0 Å². The summed E-state index contributed by atoms with van der Waals surface area (Å²) in [5, 5.41) is 10.5. The van der Waals surface area contributed by atoms with Gasteiger partial charge in [-0.25, -0.2) is 9.78 Å². The minimum Gasteiger partial charge on any atom is -0.459 e. The number of nitro groups is 1. The Kier molecular flexibility index (Phi) is 8.41. The Bertz CT molecular complexity index is 1270. The third-order valence-electron chi connectivity index (χ3n) is 7.81. The highest BCUT2D eigenvalue weighted by molar-refractivity contribution is 8.01. The standard InChI is InChI=1S/C27H35N3O6S2Si/c1-16-20(37-15-28-16)12-13-21-23(26(32)35-14-18-8-10-19(11-9-18)30(33)34)29-24(31)22(25(29)38-21)17(2)36-39(6,7)27(3,4)5/h8-13,15,17,21-23,25H,14H2,1-7H3/t17-,21?,22+,23?,25-/m1/s1. The van der Waals surface area contributed by atoms with Crippen LogP contribution < -0.4 is 0 Å². The van der Waals surface area contributed by atoms with Crippen molar-refractivity contribution < 1.29 is 23.7 Å². The van der Waals surface area contributed by atoms with Crippen molar-refractivity contribution in [1.29, 1.82) is 0 Å². The summed E-state index contributed by atoms with van der Waals surface area (Å²) < 4.78 is 12.2. The number of thioether (sulfide) groups is 1. The van der Waals surface area contributed by atoms with E-state index in [1.807, 2.05) is 26.0 Å². The van der Waals surface area contributed by atoms with Crippen LogP contribution in [0.3, 0.4) is 0 Å². The SMILES string of the molecule is Cc1ncsc1C=CC1S[C@@H]2[C@@H]([C@@H](C)O[Si](C)(C)C(C)(C)C)C(=O)N2C1C(=O)OCc1ccc([N+](=O)[O-])cc1. The molecule has 0 aliphatic carbocycles. The van der Waals surface area contributed by atoms with Crippen molar-refractivity contribution in [2.24, 2.45) is 5.92 Å². The van der Waals surface area contributed by atoms with Crippen LogP contribution in [0.4, 0.5) is 5.69 Å². The summed E-state index contributed by atoms with van der Waals surface area (Å²) in [5.41, 5.74) is 3.28. The predicted molar refractivity (Wildman–Crippen MR) is 156 cm³/mol. The van der Waals surface area contributed by atoms with Crippen molar-refractivity contribution in [3.05, 3.63) is 62.1 Å². The fourth-order valence-electron chi connectivity index (χ4n) is 4.50. The van der Waals surface area contributed by atoms with Gasteiger partial charge in [-0.3, -0.25) is 14.9 Å². The normalized spacial score (nSPS) is 24.0. The molecule has 4 rings (SSSR count). The van der Waals surface area contributed by atoms with E-state index in [0.717, 1.165) is 10.6 Å². The van der Waals surface area contributed by atoms with Crippen LogP contribution in [-0.2, 0) is 25.4 Å². The number of nitro benzene ring substituents is 1. The minimum atomic E-state index is -2.10. The van der Waals surface area contributed by atoms with Crippen LogP contribution in [0, 0.1) is 23.0 Å². The zero-order valence-corrected chi connectivity index (χ0v) is 25.9. The van der Waals surface area contributed by atoms with Gasteiger partial charge in [0, 0.05) is 17.0 Å². The molecule has 210 valence electrons. The molecule has 1 aromatic carbocycles. The number of carbonyl (C=O) groups excluding carboxylic acids is 2. The lowest BCUT2D eigenvalue weighted by Gasteiger charge is -2.48. The van der Waals surface area contributed by atoms with Gasteiger partial charge in [-0.05, 0) is 55.8 Å². The summed E-state index contributed by atoms with van der Waals surface area (Å²) in [5.74, 6) is -0.928. The number of amides is 1. The molecule has 12 heteroatoms. The molecule has 2 aromatic rings. The fraction of sp³-hybridized carbons (Fsp3) is 0.519. The largest absolute Gasteiger partial charge is 0.459 e. The van der Waals surface area contributed by atoms with Crippen molar-refractivity contribution in [3.63, 3.8) is 0 Å². The van der Waals surface area contributed by atoms with Crippen molar-refractivity contribution in [3.8, 4) is 0 Å². The number of fused-ring (bicyclic) bond motifs is 1. The lowest BCUT2D eigenvalue weighted by atomic mass is 9.90.